The van der Waals surface area contributed by atoms with Crippen LogP contribution in [0.4, 0.5) is 5.82 Å². The maximum absolute atomic E-state index is 12.7. The molecule has 0 atom stereocenters. The lowest BCUT2D eigenvalue weighted by molar-refractivity contribution is -0.126. The minimum Gasteiger partial charge on any atom is -0.493 e. The van der Waals surface area contributed by atoms with Crippen molar-refractivity contribution in [2.24, 2.45) is 0 Å². The summed E-state index contributed by atoms with van der Waals surface area (Å²) in [6.07, 6.45) is 5.10. The van der Waals surface area contributed by atoms with E-state index in [1.54, 1.807) is 25.3 Å². The number of piperazine rings is 1. The number of carbonyl (C=O) groups is 1. The van der Waals surface area contributed by atoms with Crippen LogP contribution in [-0.2, 0) is 4.79 Å². The zero-order valence-corrected chi connectivity index (χ0v) is 19.4. The molecule has 7 nitrogen and oxygen atoms in total. The zero-order valence-electron chi connectivity index (χ0n) is 19.4. The first-order valence-electron chi connectivity index (χ1n) is 10.9. The molecule has 0 spiro atoms. The number of amides is 1. The third-order valence-corrected chi connectivity index (χ3v) is 5.25. The van der Waals surface area contributed by atoms with Gasteiger partial charge in [-0.3, -0.25) is 4.79 Å². The van der Waals surface area contributed by atoms with Crippen LogP contribution in [0.25, 0.3) is 6.08 Å². The second kappa shape index (κ2) is 10.8. The summed E-state index contributed by atoms with van der Waals surface area (Å²) in [6, 6.07) is 7.59. The number of benzene rings is 1. The molecule has 0 aliphatic carbocycles. The first-order valence-corrected chi connectivity index (χ1v) is 10.9. The smallest absolute Gasteiger partial charge is 0.246 e. The molecular weight excluding hydrogens is 404 g/mol. The fourth-order valence-corrected chi connectivity index (χ4v) is 3.48. The van der Waals surface area contributed by atoms with E-state index >= 15 is 0 Å². The average Bonchev–Trinajstić information content (AvgIpc) is 2.81. The molecule has 3 rings (SSSR count). The highest BCUT2D eigenvalue weighted by atomic mass is 16.5. The van der Waals surface area contributed by atoms with E-state index in [1.807, 2.05) is 36.1 Å². The fourth-order valence-electron chi connectivity index (χ4n) is 3.48. The molecule has 0 bridgehead atoms. The van der Waals surface area contributed by atoms with Crippen LogP contribution in [0.1, 0.15) is 36.8 Å². The molecule has 2 heterocycles. The summed E-state index contributed by atoms with van der Waals surface area (Å²) < 4.78 is 11.0. The lowest BCUT2D eigenvalue weighted by Crippen LogP contribution is -2.48. The standard InChI is InChI=1S/C25H32N4O3/c1-6-15-32-21-9-7-20(17-22(21)31-5)8-10-24(30)29-13-11-28(12-14-29)23-16-19(4)26-25(27-23)18(2)3/h6-10,16-18H,1,11-15H2,2-5H3/b10-8+. The van der Waals surface area contributed by atoms with E-state index in [4.69, 9.17) is 14.5 Å². The quantitative estimate of drug-likeness (QED) is 0.463. The Balaban J connectivity index is 1.60. The molecule has 1 amide bonds. The second-order valence-electron chi connectivity index (χ2n) is 8.04. The molecule has 7 heteroatoms. The van der Waals surface area contributed by atoms with Crippen LogP contribution >= 0.6 is 0 Å². The molecular formula is C25H32N4O3. The maximum atomic E-state index is 12.7. The summed E-state index contributed by atoms with van der Waals surface area (Å²) in [5, 5.41) is 0. The molecule has 32 heavy (non-hydrogen) atoms. The van der Waals surface area contributed by atoms with Gasteiger partial charge in [0, 0.05) is 49.9 Å². The summed E-state index contributed by atoms with van der Waals surface area (Å²) >= 11 is 0. The Morgan fingerprint density at radius 1 is 1.16 bits per heavy atom. The normalized spacial score (nSPS) is 14.2. The topological polar surface area (TPSA) is 67.8 Å². The van der Waals surface area contributed by atoms with E-state index in [0.717, 1.165) is 36.0 Å². The number of hydrogen-bond donors (Lipinski definition) is 0. The van der Waals surface area contributed by atoms with E-state index in [-0.39, 0.29) is 11.8 Å². The van der Waals surface area contributed by atoms with Crippen molar-refractivity contribution in [1.82, 2.24) is 14.9 Å². The Hall–Kier alpha value is -3.35. The lowest BCUT2D eigenvalue weighted by atomic mass is 10.1. The summed E-state index contributed by atoms with van der Waals surface area (Å²) in [5.74, 6) is 3.34. The monoisotopic (exact) mass is 436 g/mol. The first-order chi connectivity index (χ1) is 15.4. The van der Waals surface area contributed by atoms with Crippen molar-refractivity contribution in [3.05, 3.63) is 60.1 Å². The second-order valence-corrected chi connectivity index (χ2v) is 8.04. The van der Waals surface area contributed by atoms with E-state index in [9.17, 15) is 4.79 Å². The van der Waals surface area contributed by atoms with Gasteiger partial charge in [0.05, 0.1) is 7.11 Å². The largest absolute Gasteiger partial charge is 0.493 e. The van der Waals surface area contributed by atoms with Gasteiger partial charge in [0.25, 0.3) is 0 Å². The van der Waals surface area contributed by atoms with Crippen molar-refractivity contribution < 1.29 is 14.3 Å². The van der Waals surface area contributed by atoms with Gasteiger partial charge < -0.3 is 19.3 Å². The number of aromatic nitrogens is 2. The number of rotatable bonds is 8. The van der Waals surface area contributed by atoms with E-state index in [0.29, 0.717) is 31.2 Å². The minimum atomic E-state index is -0.00246. The van der Waals surface area contributed by atoms with Gasteiger partial charge in [-0.1, -0.05) is 32.6 Å². The molecule has 170 valence electrons. The van der Waals surface area contributed by atoms with Gasteiger partial charge in [0.2, 0.25) is 5.91 Å². The molecule has 2 aromatic rings. The van der Waals surface area contributed by atoms with E-state index < -0.39 is 0 Å². The predicted octanol–water partition coefficient (Wildman–Crippen LogP) is 3.84. The third kappa shape index (κ3) is 5.87. The Kier molecular flexibility index (Phi) is 7.87. The van der Waals surface area contributed by atoms with Gasteiger partial charge >= 0.3 is 0 Å². The number of ether oxygens (including phenoxy) is 2. The Labute approximate surface area is 190 Å². The summed E-state index contributed by atoms with van der Waals surface area (Å²) in [4.78, 5) is 26.0. The van der Waals surface area contributed by atoms with Crippen molar-refractivity contribution in [1.29, 1.82) is 0 Å². The van der Waals surface area contributed by atoms with Crippen LogP contribution in [0.5, 0.6) is 11.5 Å². The van der Waals surface area contributed by atoms with Crippen LogP contribution < -0.4 is 14.4 Å². The van der Waals surface area contributed by atoms with Crippen molar-refractivity contribution >= 4 is 17.8 Å². The lowest BCUT2D eigenvalue weighted by Gasteiger charge is -2.35. The Morgan fingerprint density at radius 3 is 2.56 bits per heavy atom. The molecule has 1 aliphatic rings. The highest BCUT2D eigenvalue weighted by Gasteiger charge is 2.21. The fraction of sp³-hybridized carbons (Fsp3) is 0.400. The SMILES string of the molecule is C=CCOc1ccc(/C=C/C(=O)N2CCN(c3cc(C)nc(C(C)C)n3)CC2)cc1OC. The molecule has 1 aromatic carbocycles. The van der Waals surface area contributed by atoms with Crippen LogP contribution in [0, 0.1) is 6.92 Å². The van der Waals surface area contributed by atoms with Crippen molar-refractivity contribution in [3.8, 4) is 11.5 Å². The van der Waals surface area contributed by atoms with E-state index in [2.05, 4.69) is 30.3 Å². The van der Waals surface area contributed by atoms with Gasteiger partial charge in [0.1, 0.15) is 18.2 Å². The summed E-state index contributed by atoms with van der Waals surface area (Å²) in [6.45, 7) is 13.0. The summed E-state index contributed by atoms with van der Waals surface area (Å²) in [7, 11) is 1.59. The number of carbonyl (C=O) groups excluding carboxylic acids is 1. The van der Waals surface area contributed by atoms with Crippen LogP contribution in [-0.4, -0.2) is 60.7 Å². The van der Waals surface area contributed by atoms with Crippen molar-refractivity contribution in [3.63, 3.8) is 0 Å². The summed E-state index contributed by atoms with van der Waals surface area (Å²) in [5.41, 5.74) is 1.84. The molecule has 0 unspecified atom stereocenters. The number of methoxy groups -OCH3 is 1. The molecule has 0 saturated carbocycles. The Bertz CT molecular complexity index is 979. The average molecular weight is 437 g/mol. The number of hydrogen-bond acceptors (Lipinski definition) is 6. The molecule has 1 aromatic heterocycles. The van der Waals surface area contributed by atoms with Crippen molar-refractivity contribution in [2.75, 3.05) is 44.8 Å². The predicted molar refractivity (Wildman–Crippen MR) is 127 cm³/mol. The third-order valence-electron chi connectivity index (χ3n) is 5.25. The number of nitrogens with zero attached hydrogens (tertiary/aromatic N) is 4. The van der Waals surface area contributed by atoms with Gasteiger partial charge in [-0.2, -0.15) is 0 Å². The highest BCUT2D eigenvalue weighted by molar-refractivity contribution is 5.92. The van der Waals surface area contributed by atoms with Crippen molar-refractivity contribution in [2.45, 2.75) is 26.7 Å². The molecule has 0 N–H and O–H groups in total. The number of aryl methyl sites for hydroxylation is 1. The van der Waals surface area contributed by atoms with E-state index in [1.165, 1.54) is 0 Å². The van der Waals surface area contributed by atoms with Gasteiger partial charge in [-0.25, -0.2) is 9.97 Å². The minimum absolute atomic E-state index is 0.00246. The molecule has 1 saturated heterocycles. The first kappa shape index (κ1) is 23.3. The number of anilines is 1. The molecule has 1 fully saturated rings. The van der Waals surface area contributed by atoms with Gasteiger partial charge in [0.15, 0.2) is 11.5 Å². The van der Waals surface area contributed by atoms with Crippen LogP contribution in [0.2, 0.25) is 0 Å². The molecule has 0 radical (unpaired) electrons. The molecule has 1 aliphatic heterocycles. The van der Waals surface area contributed by atoms with Crippen LogP contribution in [0.3, 0.4) is 0 Å². The van der Waals surface area contributed by atoms with Crippen LogP contribution in [0.15, 0.2) is 43.0 Å². The van der Waals surface area contributed by atoms with Gasteiger partial charge in [-0.15, -0.1) is 0 Å². The Morgan fingerprint density at radius 2 is 1.91 bits per heavy atom. The van der Waals surface area contributed by atoms with Gasteiger partial charge in [-0.05, 0) is 30.7 Å². The highest BCUT2D eigenvalue weighted by Crippen LogP contribution is 2.28. The zero-order chi connectivity index (χ0) is 23.1. The maximum Gasteiger partial charge on any atom is 0.246 e.